The monoisotopic (exact) mass is 310 g/mol. The zero-order chi connectivity index (χ0) is 16.2. The predicted octanol–water partition coefficient (Wildman–Crippen LogP) is 2.07. The SMILES string of the molecule is CCOC(=O)c1cnc([N+](=O)[O-])c(OC(F)(F)F)c1OC. The summed E-state index contributed by atoms with van der Waals surface area (Å²) in [5, 5.41) is 10.7. The van der Waals surface area contributed by atoms with Crippen molar-refractivity contribution in [3.63, 3.8) is 0 Å². The minimum absolute atomic E-state index is 0.0611. The lowest BCUT2D eigenvalue weighted by Gasteiger charge is -2.13. The van der Waals surface area contributed by atoms with Crippen LogP contribution in [0.1, 0.15) is 17.3 Å². The van der Waals surface area contributed by atoms with Crippen molar-refractivity contribution in [3.8, 4) is 11.5 Å². The van der Waals surface area contributed by atoms with Crippen molar-refractivity contribution < 1.29 is 37.1 Å². The largest absolute Gasteiger partial charge is 0.573 e. The van der Waals surface area contributed by atoms with Gasteiger partial charge in [0.2, 0.25) is 0 Å². The van der Waals surface area contributed by atoms with E-state index in [9.17, 15) is 28.1 Å². The molecule has 0 spiro atoms. The maximum atomic E-state index is 12.3. The van der Waals surface area contributed by atoms with Gasteiger partial charge in [0, 0.05) is 0 Å². The Morgan fingerprint density at radius 1 is 1.43 bits per heavy atom. The smallest absolute Gasteiger partial charge is 0.492 e. The van der Waals surface area contributed by atoms with Crippen LogP contribution in [0.4, 0.5) is 19.0 Å². The summed E-state index contributed by atoms with van der Waals surface area (Å²) < 4.78 is 49.8. The number of pyridine rings is 1. The fourth-order valence-corrected chi connectivity index (χ4v) is 1.36. The van der Waals surface area contributed by atoms with Crippen molar-refractivity contribution in [2.75, 3.05) is 13.7 Å². The van der Waals surface area contributed by atoms with Gasteiger partial charge < -0.3 is 24.3 Å². The van der Waals surface area contributed by atoms with Crippen molar-refractivity contribution >= 4 is 11.8 Å². The van der Waals surface area contributed by atoms with E-state index in [-0.39, 0.29) is 6.61 Å². The Kier molecular flexibility index (Phi) is 4.89. The van der Waals surface area contributed by atoms with Crippen molar-refractivity contribution in [2.24, 2.45) is 0 Å². The van der Waals surface area contributed by atoms with Crippen LogP contribution in [0.25, 0.3) is 0 Å². The van der Waals surface area contributed by atoms with Crippen LogP contribution in [-0.2, 0) is 4.74 Å². The van der Waals surface area contributed by atoms with Gasteiger partial charge >= 0.3 is 18.1 Å². The summed E-state index contributed by atoms with van der Waals surface area (Å²) in [6.45, 7) is 1.41. The maximum Gasteiger partial charge on any atom is 0.573 e. The fourth-order valence-electron chi connectivity index (χ4n) is 1.36. The number of ether oxygens (including phenoxy) is 3. The normalized spacial score (nSPS) is 10.9. The summed E-state index contributed by atoms with van der Waals surface area (Å²) in [5.41, 5.74) is -0.524. The van der Waals surface area contributed by atoms with Crippen LogP contribution in [-0.4, -0.2) is 36.0 Å². The van der Waals surface area contributed by atoms with Gasteiger partial charge in [-0.05, 0) is 16.8 Å². The van der Waals surface area contributed by atoms with E-state index in [1.54, 1.807) is 0 Å². The number of aromatic nitrogens is 1. The molecule has 0 atom stereocenters. The molecule has 0 amide bonds. The van der Waals surface area contributed by atoms with Crippen LogP contribution in [0.2, 0.25) is 0 Å². The first-order valence-corrected chi connectivity index (χ1v) is 5.35. The van der Waals surface area contributed by atoms with E-state index in [4.69, 9.17) is 0 Å². The Hall–Kier alpha value is -2.59. The number of rotatable bonds is 5. The topological polar surface area (TPSA) is 101 Å². The number of carbonyl (C=O) groups excluding carboxylic acids is 1. The van der Waals surface area contributed by atoms with Gasteiger partial charge in [-0.1, -0.05) is 0 Å². The lowest BCUT2D eigenvalue weighted by atomic mass is 10.2. The second-order valence-corrected chi connectivity index (χ2v) is 3.38. The number of halogens is 3. The highest BCUT2D eigenvalue weighted by Gasteiger charge is 2.39. The lowest BCUT2D eigenvalue weighted by molar-refractivity contribution is -0.393. The Morgan fingerprint density at radius 3 is 2.48 bits per heavy atom. The molecule has 0 saturated heterocycles. The highest BCUT2D eigenvalue weighted by molar-refractivity contribution is 5.93. The van der Waals surface area contributed by atoms with Crippen molar-refractivity contribution in [2.45, 2.75) is 13.3 Å². The average molecular weight is 310 g/mol. The molecular weight excluding hydrogens is 301 g/mol. The standard InChI is InChI=1S/C10H9F3N2O6/c1-3-20-9(16)5-4-14-8(15(17)18)7(6(5)19-2)21-10(11,12)13/h4H,3H2,1-2H3. The minimum Gasteiger partial charge on any atom is -0.492 e. The molecule has 21 heavy (non-hydrogen) atoms. The highest BCUT2D eigenvalue weighted by Crippen LogP contribution is 2.41. The zero-order valence-corrected chi connectivity index (χ0v) is 10.8. The van der Waals surface area contributed by atoms with Crippen LogP contribution in [0.5, 0.6) is 11.5 Å². The summed E-state index contributed by atoms with van der Waals surface area (Å²) in [6.07, 6.45) is -4.55. The van der Waals surface area contributed by atoms with Crippen molar-refractivity contribution in [1.29, 1.82) is 0 Å². The molecule has 1 rings (SSSR count). The lowest BCUT2D eigenvalue weighted by Crippen LogP contribution is -2.20. The molecule has 0 aliphatic heterocycles. The van der Waals surface area contributed by atoms with Gasteiger partial charge in [0.05, 0.1) is 13.7 Å². The molecule has 0 aliphatic rings. The van der Waals surface area contributed by atoms with Crippen LogP contribution >= 0.6 is 0 Å². The minimum atomic E-state index is -5.23. The number of hydrogen-bond acceptors (Lipinski definition) is 7. The van der Waals surface area contributed by atoms with Crippen molar-refractivity contribution in [1.82, 2.24) is 4.98 Å². The molecule has 11 heteroatoms. The summed E-state index contributed by atoms with van der Waals surface area (Å²) >= 11 is 0. The van der Waals surface area contributed by atoms with Crippen LogP contribution in [0, 0.1) is 10.1 Å². The first-order valence-electron chi connectivity index (χ1n) is 5.35. The third-order valence-corrected chi connectivity index (χ3v) is 2.06. The van der Waals surface area contributed by atoms with E-state index in [2.05, 4.69) is 19.2 Å². The molecule has 0 radical (unpaired) electrons. The Labute approximate surface area is 115 Å². The van der Waals surface area contributed by atoms with Crippen LogP contribution in [0.3, 0.4) is 0 Å². The molecule has 1 aromatic heterocycles. The first-order chi connectivity index (χ1) is 9.71. The first kappa shape index (κ1) is 16.5. The van der Waals surface area contributed by atoms with Gasteiger partial charge in [-0.2, -0.15) is 0 Å². The number of alkyl halides is 3. The molecule has 1 aromatic rings. The van der Waals surface area contributed by atoms with E-state index < -0.39 is 40.1 Å². The molecule has 0 aliphatic carbocycles. The van der Waals surface area contributed by atoms with Gasteiger partial charge in [0.25, 0.3) is 5.75 Å². The predicted molar refractivity (Wildman–Crippen MR) is 60.1 cm³/mol. The molecule has 0 N–H and O–H groups in total. The molecule has 1 heterocycles. The molecule has 0 fully saturated rings. The number of methoxy groups -OCH3 is 1. The highest BCUT2D eigenvalue weighted by atomic mass is 19.4. The Balaban J connectivity index is 3.49. The van der Waals surface area contributed by atoms with E-state index >= 15 is 0 Å². The number of carbonyl (C=O) groups is 1. The second-order valence-electron chi connectivity index (χ2n) is 3.38. The van der Waals surface area contributed by atoms with Crippen LogP contribution in [0.15, 0.2) is 6.20 Å². The van der Waals surface area contributed by atoms with E-state index in [1.807, 2.05) is 0 Å². The Morgan fingerprint density at radius 2 is 2.05 bits per heavy atom. The average Bonchev–Trinajstić information content (AvgIpc) is 2.36. The van der Waals surface area contributed by atoms with Crippen LogP contribution < -0.4 is 9.47 Å². The molecule has 116 valence electrons. The third kappa shape index (κ3) is 3.94. The summed E-state index contributed by atoms with van der Waals surface area (Å²) in [4.78, 5) is 24.3. The fraction of sp³-hybridized carbons (Fsp3) is 0.400. The molecule has 0 unspecified atom stereocenters. The molecule has 0 bridgehead atoms. The van der Waals surface area contributed by atoms with E-state index in [0.717, 1.165) is 7.11 Å². The van der Waals surface area contributed by atoms with Gasteiger partial charge in [-0.15, -0.1) is 13.2 Å². The maximum absolute atomic E-state index is 12.3. The number of esters is 1. The van der Waals surface area contributed by atoms with Gasteiger partial charge in [-0.25, -0.2) is 4.79 Å². The van der Waals surface area contributed by atoms with Gasteiger partial charge in [-0.3, -0.25) is 0 Å². The summed E-state index contributed by atoms with van der Waals surface area (Å²) in [7, 11) is 0.922. The summed E-state index contributed by atoms with van der Waals surface area (Å²) in [5.74, 6) is -4.39. The second kappa shape index (κ2) is 6.24. The third-order valence-electron chi connectivity index (χ3n) is 2.06. The quantitative estimate of drug-likeness (QED) is 0.466. The van der Waals surface area contributed by atoms with Crippen molar-refractivity contribution in [3.05, 3.63) is 21.9 Å². The number of nitro groups is 1. The molecule has 8 nitrogen and oxygen atoms in total. The Bertz CT molecular complexity index is 560. The van der Waals surface area contributed by atoms with E-state index in [0.29, 0.717) is 6.20 Å². The molecule has 0 saturated carbocycles. The zero-order valence-electron chi connectivity index (χ0n) is 10.8. The summed E-state index contributed by atoms with van der Waals surface area (Å²) in [6, 6.07) is 0. The number of hydrogen-bond donors (Lipinski definition) is 0. The molecular formula is C10H9F3N2O6. The number of nitrogens with zero attached hydrogens (tertiary/aromatic N) is 2. The molecule has 0 aromatic carbocycles. The van der Waals surface area contributed by atoms with Gasteiger partial charge in [0.1, 0.15) is 5.56 Å². The van der Waals surface area contributed by atoms with Gasteiger partial charge in [0.15, 0.2) is 11.9 Å². The van der Waals surface area contributed by atoms with E-state index in [1.165, 1.54) is 6.92 Å².